The molecule has 0 spiro atoms. The van der Waals surface area contributed by atoms with Crippen LogP contribution in [0.3, 0.4) is 0 Å². The minimum absolute atomic E-state index is 0.103. The van der Waals surface area contributed by atoms with Crippen molar-refractivity contribution in [2.45, 2.75) is 39.5 Å². The minimum atomic E-state index is -0.214. The number of phenolic OH excluding ortho intramolecular Hbond substituents is 1. The Morgan fingerprint density at radius 1 is 1.44 bits per heavy atom. The summed E-state index contributed by atoms with van der Waals surface area (Å²) in [5.74, 6) is 0.692. The van der Waals surface area contributed by atoms with Crippen molar-refractivity contribution in [3.8, 4) is 11.5 Å². The Kier molecular flexibility index (Phi) is 6.39. The van der Waals surface area contributed by atoms with E-state index >= 15 is 0 Å². The molecule has 7 heteroatoms. The maximum atomic E-state index is 12.4. The molecule has 1 atom stereocenters. The molecule has 2 N–H and O–H groups in total. The Labute approximate surface area is 168 Å². The van der Waals surface area contributed by atoms with E-state index in [1.807, 2.05) is 13.0 Å². The second-order valence-corrected chi connectivity index (χ2v) is 8.10. The first kappa shape index (κ1) is 19.7. The number of nitrogens with one attached hydrogen (secondary N) is 1. The first-order valence-corrected chi connectivity index (χ1v) is 10.3. The minimum Gasteiger partial charge on any atom is -0.503 e. The van der Waals surface area contributed by atoms with Gasteiger partial charge in [0.25, 0.3) is 5.91 Å². The summed E-state index contributed by atoms with van der Waals surface area (Å²) in [5.41, 5.74) is 4.49. The lowest BCUT2D eigenvalue weighted by molar-refractivity contribution is 0.0959. The van der Waals surface area contributed by atoms with Gasteiger partial charge >= 0.3 is 0 Å². The molecule has 0 saturated carbocycles. The van der Waals surface area contributed by atoms with Crippen LogP contribution in [0, 0.1) is 5.92 Å². The molecular formula is C20H23ClN2O3S. The molecule has 1 heterocycles. The van der Waals surface area contributed by atoms with Gasteiger partial charge in [-0.2, -0.15) is 5.10 Å². The molecular weight excluding hydrogens is 384 g/mol. The maximum absolute atomic E-state index is 12.4. The number of hydrogen-bond donors (Lipinski definition) is 2. The fourth-order valence-electron chi connectivity index (χ4n) is 3.21. The standard InChI is InChI=1S/C20H23ClN2O3S/c1-3-12-5-6-17-14(7-12)10-18(27-17)20(25)23-22-11-13-8-15(21)19(24)16(9-13)26-4-2/h8-12,24H,3-7H2,1-2H3,(H,23,25)/b22-11+/t12-/m0/s1. The SMILES string of the molecule is CCOc1cc(/C=N/NC(=O)c2cc3c(s2)CC[C@H](CC)C3)cc(Cl)c1O. The van der Waals surface area contributed by atoms with Gasteiger partial charge in [-0.25, -0.2) is 5.43 Å². The molecule has 2 aromatic rings. The van der Waals surface area contributed by atoms with Crippen LogP contribution in [0.4, 0.5) is 0 Å². The van der Waals surface area contributed by atoms with Gasteiger partial charge in [0.05, 0.1) is 22.7 Å². The Morgan fingerprint density at radius 3 is 3.00 bits per heavy atom. The smallest absolute Gasteiger partial charge is 0.281 e. The molecule has 0 fully saturated rings. The van der Waals surface area contributed by atoms with E-state index in [0.717, 1.165) is 18.8 Å². The summed E-state index contributed by atoms with van der Waals surface area (Å²) < 4.78 is 5.34. The van der Waals surface area contributed by atoms with Crippen molar-refractivity contribution in [3.63, 3.8) is 0 Å². The number of carbonyl (C=O) groups excluding carboxylic acids is 1. The van der Waals surface area contributed by atoms with Crippen LogP contribution in [0.25, 0.3) is 0 Å². The molecule has 0 saturated heterocycles. The Bertz CT molecular complexity index is 863. The largest absolute Gasteiger partial charge is 0.503 e. The van der Waals surface area contributed by atoms with Crippen LogP contribution in [0.2, 0.25) is 5.02 Å². The number of benzene rings is 1. The van der Waals surface area contributed by atoms with Crippen LogP contribution in [-0.4, -0.2) is 23.8 Å². The molecule has 27 heavy (non-hydrogen) atoms. The highest BCUT2D eigenvalue weighted by atomic mass is 35.5. The zero-order valence-corrected chi connectivity index (χ0v) is 17.0. The summed E-state index contributed by atoms with van der Waals surface area (Å²) in [4.78, 5) is 14.4. The fraction of sp³-hybridized carbons (Fsp3) is 0.400. The van der Waals surface area contributed by atoms with Crippen LogP contribution in [-0.2, 0) is 12.8 Å². The molecule has 1 aliphatic carbocycles. The van der Waals surface area contributed by atoms with Gasteiger partial charge in [-0.3, -0.25) is 4.79 Å². The monoisotopic (exact) mass is 406 g/mol. The molecule has 1 aliphatic rings. The number of hydrazone groups is 1. The van der Waals surface area contributed by atoms with E-state index in [4.69, 9.17) is 16.3 Å². The van der Waals surface area contributed by atoms with Crippen molar-refractivity contribution in [2.24, 2.45) is 11.0 Å². The Balaban J connectivity index is 1.67. The third-order valence-electron chi connectivity index (χ3n) is 4.72. The average Bonchev–Trinajstić information content (AvgIpc) is 3.09. The Morgan fingerprint density at radius 2 is 2.26 bits per heavy atom. The van der Waals surface area contributed by atoms with Crippen LogP contribution >= 0.6 is 22.9 Å². The van der Waals surface area contributed by atoms with E-state index in [1.165, 1.54) is 29.5 Å². The van der Waals surface area contributed by atoms with Crippen molar-refractivity contribution < 1.29 is 14.6 Å². The number of ether oxygens (including phenoxy) is 1. The molecule has 5 nitrogen and oxygen atoms in total. The first-order chi connectivity index (χ1) is 13.0. The third-order valence-corrected chi connectivity index (χ3v) is 6.24. The van der Waals surface area contributed by atoms with Gasteiger partial charge in [0.1, 0.15) is 0 Å². The fourth-order valence-corrected chi connectivity index (χ4v) is 4.53. The van der Waals surface area contributed by atoms with Gasteiger partial charge < -0.3 is 9.84 Å². The van der Waals surface area contributed by atoms with Crippen LogP contribution in [0.1, 0.15) is 52.4 Å². The second-order valence-electron chi connectivity index (χ2n) is 6.56. The van der Waals surface area contributed by atoms with Gasteiger partial charge in [0.15, 0.2) is 11.5 Å². The van der Waals surface area contributed by atoms with Crippen molar-refractivity contribution >= 4 is 35.1 Å². The van der Waals surface area contributed by atoms with E-state index in [1.54, 1.807) is 23.5 Å². The van der Waals surface area contributed by atoms with Crippen molar-refractivity contribution in [2.75, 3.05) is 6.61 Å². The van der Waals surface area contributed by atoms with Gasteiger partial charge in [-0.1, -0.05) is 24.9 Å². The normalized spacial score (nSPS) is 16.3. The van der Waals surface area contributed by atoms with E-state index in [-0.39, 0.29) is 22.4 Å². The molecule has 1 amide bonds. The molecule has 1 aromatic heterocycles. The summed E-state index contributed by atoms with van der Waals surface area (Å²) in [6, 6.07) is 5.18. The van der Waals surface area contributed by atoms with Crippen LogP contribution in [0.15, 0.2) is 23.3 Å². The quantitative estimate of drug-likeness (QED) is 0.535. The van der Waals surface area contributed by atoms with E-state index in [9.17, 15) is 9.90 Å². The number of amides is 1. The third kappa shape index (κ3) is 4.62. The predicted octanol–water partition coefficient (Wildman–Crippen LogP) is 4.78. The Hall–Kier alpha value is -2.05. The molecule has 0 bridgehead atoms. The lowest BCUT2D eigenvalue weighted by atomic mass is 9.87. The molecule has 0 radical (unpaired) electrons. The molecule has 0 unspecified atom stereocenters. The van der Waals surface area contributed by atoms with Crippen LogP contribution in [0.5, 0.6) is 11.5 Å². The lowest BCUT2D eigenvalue weighted by Crippen LogP contribution is -2.16. The number of carbonyl (C=O) groups is 1. The number of thiophene rings is 1. The van der Waals surface area contributed by atoms with Gasteiger partial charge in [-0.15, -0.1) is 11.3 Å². The summed E-state index contributed by atoms with van der Waals surface area (Å²) in [5, 5.41) is 14.0. The number of hydrogen-bond acceptors (Lipinski definition) is 5. The zero-order valence-electron chi connectivity index (χ0n) is 15.4. The van der Waals surface area contributed by atoms with Gasteiger partial charge in [-0.05, 0) is 61.4 Å². The topological polar surface area (TPSA) is 70.9 Å². The number of fused-ring (bicyclic) bond motifs is 1. The first-order valence-electron chi connectivity index (χ1n) is 9.12. The summed E-state index contributed by atoms with van der Waals surface area (Å²) in [7, 11) is 0. The number of aromatic hydroxyl groups is 1. The molecule has 3 rings (SSSR count). The van der Waals surface area contributed by atoms with Gasteiger partial charge in [0, 0.05) is 4.88 Å². The van der Waals surface area contributed by atoms with E-state index < -0.39 is 0 Å². The lowest BCUT2D eigenvalue weighted by Gasteiger charge is -2.19. The molecule has 0 aliphatic heterocycles. The average molecular weight is 407 g/mol. The maximum Gasteiger partial charge on any atom is 0.281 e. The second kappa shape index (κ2) is 8.76. The summed E-state index contributed by atoms with van der Waals surface area (Å²) >= 11 is 7.55. The van der Waals surface area contributed by atoms with E-state index in [0.29, 0.717) is 17.0 Å². The van der Waals surface area contributed by atoms with Crippen molar-refractivity contribution in [1.29, 1.82) is 0 Å². The van der Waals surface area contributed by atoms with Crippen molar-refractivity contribution in [1.82, 2.24) is 5.43 Å². The van der Waals surface area contributed by atoms with Crippen LogP contribution < -0.4 is 10.2 Å². The summed E-state index contributed by atoms with van der Waals surface area (Å²) in [6.45, 7) is 4.44. The number of nitrogens with zero attached hydrogens (tertiary/aromatic N) is 1. The number of phenols is 1. The highest BCUT2D eigenvalue weighted by Crippen LogP contribution is 2.35. The number of rotatable bonds is 6. The highest BCUT2D eigenvalue weighted by Gasteiger charge is 2.21. The molecule has 144 valence electrons. The van der Waals surface area contributed by atoms with Crippen molar-refractivity contribution in [3.05, 3.63) is 44.1 Å². The molecule has 1 aromatic carbocycles. The summed E-state index contributed by atoms with van der Waals surface area (Å²) in [6.07, 6.45) is 5.98. The zero-order chi connectivity index (χ0) is 19.4. The number of halogens is 1. The highest BCUT2D eigenvalue weighted by molar-refractivity contribution is 7.14. The van der Waals surface area contributed by atoms with E-state index in [2.05, 4.69) is 17.5 Å². The number of aryl methyl sites for hydroxylation is 1. The van der Waals surface area contributed by atoms with Gasteiger partial charge in [0.2, 0.25) is 0 Å². The predicted molar refractivity (Wildman–Crippen MR) is 109 cm³/mol.